The molecule has 0 spiro atoms. The molecule has 0 aliphatic heterocycles. The SMILES string of the molecule is CCN(CCCN(C)C)C(C)c1cc(Br)ccc1O. The van der Waals surface area contributed by atoms with Gasteiger partial charge in [-0.3, -0.25) is 4.90 Å². The molecule has 19 heavy (non-hydrogen) atoms. The van der Waals surface area contributed by atoms with E-state index >= 15 is 0 Å². The number of nitrogens with zero attached hydrogens (tertiary/aromatic N) is 2. The summed E-state index contributed by atoms with van der Waals surface area (Å²) < 4.78 is 1.01. The van der Waals surface area contributed by atoms with Gasteiger partial charge in [0.15, 0.2) is 0 Å². The average molecular weight is 329 g/mol. The Bertz CT molecular complexity index is 396. The van der Waals surface area contributed by atoms with E-state index < -0.39 is 0 Å². The van der Waals surface area contributed by atoms with Gasteiger partial charge < -0.3 is 10.0 Å². The van der Waals surface area contributed by atoms with Gasteiger partial charge in [-0.25, -0.2) is 0 Å². The lowest BCUT2D eigenvalue weighted by Gasteiger charge is -2.29. The monoisotopic (exact) mass is 328 g/mol. The summed E-state index contributed by atoms with van der Waals surface area (Å²) in [7, 11) is 4.19. The fraction of sp³-hybridized carbons (Fsp3) is 0.600. The molecule has 1 aromatic rings. The van der Waals surface area contributed by atoms with Gasteiger partial charge in [0.2, 0.25) is 0 Å². The van der Waals surface area contributed by atoms with Crippen LogP contribution in [0.4, 0.5) is 0 Å². The number of rotatable bonds is 7. The van der Waals surface area contributed by atoms with Crippen molar-refractivity contribution < 1.29 is 5.11 Å². The van der Waals surface area contributed by atoms with Crippen molar-refractivity contribution >= 4 is 15.9 Å². The summed E-state index contributed by atoms with van der Waals surface area (Å²) in [6, 6.07) is 5.86. The van der Waals surface area contributed by atoms with E-state index in [4.69, 9.17) is 0 Å². The van der Waals surface area contributed by atoms with E-state index in [-0.39, 0.29) is 6.04 Å². The van der Waals surface area contributed by atoms with Crippen LogP contribution in [-0.2, 0) is 0 Å². The second kappa shape index (κ2) is 7.88. The zero-order chi connectivity index (χ0) is 14.4. The largest absolute Gasteiger partial charge is 0.508 e. The number of hydrogen-bond donors (Lipinski definition) is 1. The van der Waals surface area contributed by atoms with Gasteiger partial charge in [-0.2, -0.15) is 0 Å². The number of phenols is 1. The minimum absolute atomic E-state index is 0.227. The van der Waals surface area contributed by atoms with Crippen molar-refractivity contribution in [2.24, 2.45) is 0 Å². The first kappa shape index (κ1) is 16.5. The predicted molar refractivity (Wildman–Crippen MR) is 84.6 cm³/mol. The van der Waals surface area contributed by atoms with Crippen LogP contribution in [0.25, 0.3) is 0 Å². The topological polar surface area (TPSA) is 26.7 Å². The van der Waals surface area contributed by atoms with Gasteiger partial charge in [0.05, 0.1) is 0 Å². The molecule has 1 rings (SSSR count). The van der Waals surface area contributed by atoms with E-state index in [0.29, 0.717) is 5.75 Å². The van der Waals surface area contributed by atoms with Crippen molar-refractivity contribution in [3.05, 3.63) is 28.2 Å². The molecule has 0 aliphatic carbocycles. The zero-order valence-corrected chi connectivity index (χ0v) is 13.9. The molecule has 0 bridgehead atoms. The van der Waals surface area contributed by atoms with Crippen LogP contribution in [0.3, 0.4) is 0 Å². The fourth-order valence-electron chi connectivity index (χ4n) is 2.27. The van der Waals surface area contributed by atoms with Crippen LogP contribution in [0, 0.1) is 0 Å². The summed E-state index contributed by atoms with van der Waals surface area (Å²) in [5, 5.41) is 10.0. The second-order valence-corrected chi connectivity index (χ2v) is 6.08. The Labute approximate surface area is 125 Å². The maximum atomic E-state index is 10.0. The van der Waals surface area contributed by atoms with Crippen LogP contribution in [-0.4, -0.2) is 48.6 Å². The Balaban J connectivity index is 2.71. The van der Waals surface area contributed by atoms with E-state index in [0.717, 1.165) is 36.1 Å². The van der Waals surface area contributed by atoms with Crippen LogP contribution in [0.2, 0.25) is 0 Å². The number of aromatic hydroxyl groups is 1. The smallest absolute Gasteiger partial charge is 0.120 e. The summed E-state index contributed by atoms with van der Waals surface area (Å²) in [6.45, 7) is 7.44. The maximum absolute atomic E-state index is 10.0. The first-order valence-electron chi connectivity index (χ1n) is 6.83. The van der Waals surface area contributed by atoms with Gasteiger partial charge in [-0.15, -0.1) is 0 Å². The summed E-state index contributed by atoms with van der Waals surface area (Å²) in [5.41, 5.74) is 0.987. The maximum Gasteiger partial charge on any atom is 0.120 e. The summed E-state index contributed by atoms with van der Waals surface area (Å²) in [5.74, 6) is 0.377. The van der Waals surface area contributed by atoms with E-state index in [9.17, 15) is 5.11 Å². The lowest BCUT2D eigenvalue weighted by molar-refractivity contribution is 0.206. The highest BCUT2D eigenvalue weighted by atomic mass is 79.9. The van der Waals surface area contributed by atoms with E-state index in [1.165, 1.54) is 0 Å². The first-order chi connectivity index (χ1) is 8.95. The predicted octanol–water partition coefficient (Wildman–Crippen LogP) is 3.49. The normalized spacial score (nSPS) is 13.2. The summed E-state index contributed by atoms with van der Waals surface area (Å²) >= 11 is 3.47. The van der Waals surface area contributed by atoms with Gasteiger partial charge in [0.1, 0.15) is 5.75 Å². The molecule has 1 aromatic carbocycles. The van der Waals surface area contributed by atoms with E-state index in [2.05, 4.69) is 53.7 Å². The number of hydrogen-bond acceptors (Lipinski definition) is 3. The van der Waals surface area contributed by atoms with Crippen LogP contribution < -0.4 is 0 Å². The quantitative estimate of drug-likeness (QED) is 0.829. The minimum atomic E-state index is 0.227. The van der Waals surface area contributed by atoms with Gasteiger partial charge in [-0.1, -0.05) is 22.9 Å². The van der Waals surface area contributed by atoms with E-state index in [1.54, 1.807) is 6.07 Å². The molecule has 1 N–H and O–H groups in total. The van der Waals surface area contributed by atoms with Gasteiger partial charge in [0.25, 0.3) is 0 Å². The third-order valence-corrected chi connectivity index (χ3v) is 3.94. The molecule has 4 heteroatoms. The molecule has 108 valence electrons. The Hall–Kier alpha value is -0.580. The van der Waals surface area contributed by atoms with Crippen LogP contribution in [0.15, 0.2) is 22.7 Å². The van der Waals surface area contributed by atoms with Gasteiger partial charge in [-0.05, 0) is 65.3 Å². The molecule has 0 fully saturated rings. The Kier molecular flexibility index (Phi) is 6.83. The fourth-order valence-corrected chi connectivity index (χ4v) is 2.65. The van der Waals surface area contributed by atoms with Crippen molar-refractivity contribution in [3.8, 4) is 5.75 Å². The second-order valence-electron chi connectivity index (χ2n) is 5.16. The van der Waals surface area contributed by atoms with Crippen LogP contribution in [0.1, 0.15) is 31.9 Å². The Morgan fingerprint density at radius 3 is 2.53 bits per heavy atom. The standard InChI is InChI=1S/C15H25BrN2O/c1-5-18(10-6-9-17(3)4)12(2)14-11-13(16)7-8-15(14)19/h7-8,11-12,19H,5-6,9-10H2,1-4H3. The molecule has 1 unspecified atom stereocenters. The lowest BCUT2D eigenvalue weighted by Crippen LogP contribution is -2.30. The van der Waals surface area contributed by atoms with Gasteiger partial charge >= 0.3 is 0 Å². The molecule has 0 aliphatic rings. The highest BCUT2D eigenvalue weighted by molar-refractivity contribution is 9.10. The molecule has 0 heterocycles. The van der Waals surface area contributed by atoms with Crippen LogP contribution in [0.5, 0.6) is 5.75 Å². The highest BCUT2D eigenvalue weighted by Crippen LogP contribution is 2.30. The van der Waals surface area contributed by atoms with Gasteiger partial charge in [0, 0.05) is 16.1 Å². The van der Waals surface area contributed by atoms with Crippen molar-refractivity contribution in [2.45, 2.75) is 26.3 Å². The van der Waals surface area contributed by atoms with E-state index in [1.807, 2.05) is 12.1 Å². The first-order valence-corrected chi connectivity index (χ1v) is 7.62. The molecule has 0 saturated carbocycles. The minimum Gasteiger partial charge on any atom is -0.508 e. The molecule has 0 radical (unpaired) electrons. The summed E-state index contributed by atoms with van der Waals surface area (Å²) in [4.78, 5) is 4.60. The molecule has 0 amide bonds. The third kappa shape index (κ3) is 5.13. The molecule has 0 saturated heterocycles. The number of phenolic OH excluding ortho intramolecular Hbond substituents is 1. The Morgan fingerprint density at radius 1 is 1.26 bits per heavy atom. The molecule has 1 atom stereocenters. The van der Waals surface area contributed by atoms with Crippen molar-refractivity contribution in [3.63, 3.8) is 0 Å². The van der Waals surface area contributed by atoms with Crippen LogP contribution >= 0.6 is 15.9 Å². The van der Waals surface area contributed by atoms with Crippen molar-refractivity contribution in [1.29, 1.82) is 0 Å². The molecule has 3 nitrogen and oxygen atoms in total. The number of benzene rings is 1. The number of halogens is 1. The summed E-state index contributed by atoms with van der Waals surface area (Å²) in [6.07, 6.45) is 1.14. The Morgan fingerprint density at radius 2 is 1.95 bits per heavy atom. The molecule has 0 aromatic heterocycles. The lowest BCUT2D eigenvalue weighted by atomic mass is 10.1. The molecular weight excluding hydrogens is 304 g/mol. The average Bonchev–Trinajstić information content (AvgIpc) is 2.36. The van der Waals surface area contributed by atoms with Crippen molar-refractivity contribution in [1.82, 2.24) is 9.80 Å². The third-order valence-electron chi connectivity index (χ3n) is 3.44. The zero-order valence-electron chi connectivity index (χ0n) is 12.4. The highest BCUT2D eigenvalue weighted by Gasteiger charge is 2.17. The molecular formula is C15H25BrN2O. The van der Waals surface area contributed by atoms with Crippen molar-refractivity contribution in [2.75, 3.05) is 33.7 Å².